The lowest BCUT2D eigenvalue weighted by molar-refractivity contribution is 0.298. The molecular weight excluding hydrogens is 117 g/mol. The van der Waals surface area contributed by atoms with Crippen LogP contribution in [0, 0.1) is 5.92 Å². The molecule has 9 heavy (non-hydrogen) atoms. The molecule has 0 radical (unpaired) electrons. The summed E-state index contributed by atoms with van der Waals surface area (Å²) in [5.41, 5.74) is 0. The Morgan fingerprint density at radius 3 is 2.00 bits per heavy atom. The maximum Gasteiger partial charge on any atom is 0.116 e. The number of hydrogen-bond acceptors (Lipinski definition) is 1. The molecule has 1 fully saturated rings. The van der Waals surface area contributed by atoms with Crippen LogP contribution < -0.4 is 5.32 Å². The van der Waals surface area contributed by atoms with Gasteiger partial charge in [0.2, 0.25) is 0 Å². The van der Waals surface area contributed by atoms with Crippen LogP contribution in [0.3, 0.4) is 0 Å². The molecule has 1 saturated heterocycles. The van der Waals surface area contributed by atoms with Gasteiger partial charge in [-0.15, -0.1) is 0 Å². The van der Waals surface area contributed by atoms with Crippen LogP contribution in [0.15, 0.2) is 0 Å². The van der Waals surface area contributed by atoms with E-state index in [-0.39, 0.29) is 5.92 Å². The predicted molar refractivity (Wildman–Crippen MR) is 38.3 cm³/mol. The van der Waals surface area contributed by atoms with Crippen LogP contribution in [0.25, 0.3) is 0 Å². The highest BCUT2D eigenvalue weighted by Gasteiger charge is 2.21. The minimum absolute atomic E-state index is 0.236. The molecular formula is C7H16FN. The standard InChI is InChI=1S/C5H10FN.C2H6/c1-4-2-7-3-5(4)6;1-2/h4-5,7H,2-3H2,1H3;1-2H3/t4-,5+;/m0./s1. The first-order valence-corrected chi connectivity index (χ1v) is 3.65. The Hall–Kier alpha value is -0.110. The second-order valence-corrected chi connectivity index (χ2v) is 2.15. The summed E-state index contributed by atoms with van der Waals surface area (Å²) >= 11 is 0. The molecule has 1 N–H and O–H groups in total. The molecule has 1 heterocycles. The average Bonchev–Trinajstić information content (AvgIpc) is 2.23. The van der Waals surface area contributed by atoms with Crippen molar-refractivity contribution >= 4 is 0 Å². The van der Waals surface area contributed by atoms with Crippen LogP contribution in [-0.2, 0) is 0 Å². The van der Waals surface area contributed by atoms with Gasteiger partial charge in [0.1, 0.15) is 6.17 Å². The molecule has 1 aliphatic rings. The van der Waals surface area contributed by atoms with E-state index < -0.39 is 6.17 Å². The molecule has 0 aromatic heterocycles. The monoisotopic (exact) mass is 133 g/mol. The average molecular weight is 133 g/mol. The molecule has 1 aliphatic heterocycles. The molecule has 0 saturated carbocycles. The Morgan fingerprint density at radius 1 is 1.33 bits per heavy atom. The second-order valence-electron chi connectivity index (χ2n) is 2.15. The normalized spacial score (nSPS) is 33.3. The van der Waals surface area contributed by atoms with E-state index in [1.54, 1.807) is 0 Å². The summed E-state index contributed by atoms with van der Waals surface area (Å²) in [7, 11) is 0. The lowest BCUT2D eigenvalue weighted by atomic mass is 10.1. The van der Waals surface area contributed by atoms with E-state index in [0.717, 1.165) is 6.54 Å². The van der Waals surface area contributed by atoms with Gasteiger partial charge in [0.05, 0.1) is 0 Å². The largest absolute Gasteiger partial charge is 0.313 e. The third-order valence-electron chi connectivity index (χ3n) is 1.42. The van der Waals surface area contributed by atoms with Crippen molar-refractivity contribution in [2.75, 3.05) is 13.1 Å². The van der Waals surface area contributed by atoms with Crippen molar-refractivity contribution in [3.05, 3.63) is 0 Å². The lowest BCUT2D eigenvalue weighted by Crippen LogP contribution is -2.08. The molecule has 2 heteroatoms. The van der Waals surface area contributed by atoms with E-state index in [1.807, 2.05) is 20.8 Å². The summed E-state index contributed by atoms with van der Waals surface area (Å²) in [5.74, 6) is 0.236. The van der Waals surface area contributed by atoms with E-state index in [2.05, 4.69) is 5.32 Å². The first kappa shape index (κ1) is 8.89. The molecule has 1 nitrogen and oxygen atoms in total. The van der Waals surface area contributed by atoms with Crippen molar-refractivity contribution in [1.82, 2.24) is 5.32 Å². The van der Waals surface area contributed by atoms with E-state index in [9.17, 15) is 4.39 Å². The highest BCUT2D eigenvalue weighted by atomic mass is 19.1. The van der Waals surface area contributed by atoms with Crippen LogP contribution in [0.4, 0.5) is 4.39 Å². The molecule has 56 valence electrons. The van der Waals surface area contributed by atoms with Crippen molar-refractivity contribution in [3.8, 4) is 0 Å². The van der Waals surface area contributed by atoms with Gasteiger partial charge < -0.3 is 5.32 Å². The van der Waals surface area contributed by atoms with Crippen LogP contribution in [0.1, 0.15) is 20.8 Å². The summed E-state index contributed by atoms with van der Waals surface area (Å²) < 4.78 is 12.3. The molecule has 0 unspecified atom stereocenters. The summed E-state index contributed by atoms with van der Waals surface area (Å²) in [6, 6.07) is 0. The number of hydrogen-bond donors (Lipinski definition) is 1. The topological polar surface area (TPSA) is 12.0 Å². The van der Waals surface area contributed by atoms with Gasteiger partial charge in [0.25, 0.3) is 0 Å². The fraction of sp³-hybridized carbons (Fsp3) is 1.00. The Kier molecular flexibility index (Phi) is 4.68. The third-order valence-corrected chi connectivity index (χ3v) is 1.42. The van der Waals surface area contributed by atoms with Crippen molar-refractivity contribution in [1.29, 1.82) is 0 Å². The molecule has 1 rings (SSSR count). The zero-order chi connectivity index (χ0) is 7.28. The van der Waals surface area contributed by atoms with E-state index in [1.165, 1.54) is 0 Å². The first-order valence-electron chi connectivity index (χ1n) is 3.65. The van der Waals surface area contributed by atoms with Crippen LogP contribution in [-0.4, -0.2) is 19.3 Å². The van der Waals surface area contributed by atoms with Gasteiger partial charge in [-0.1, -0.05) is 20.8 Å². The highest BCUT2D eigenvalue weighted by molar-refractivity contribution is 4.76. The highest BCUT2D eigenvalue weighted by Crippen LogP contribution is 2.09. The maximum absolute atomic E-state index is 12.3. The number of rotatable bonds is 0. The van der Waals surface area contributed by atoms with E-state index in [0.29, 0.717) is 6.54 Å². The quantitative estimate of drug-likeness (QED) is 0.529. The fourth-order valence-electron chi connectivity index (χ4n) is 0.778. The fourth-order valence-corrected chi connectivity index (χ4v) is 0.778. The molecule has 0 spiro atoms. The summed E-state index contributed by atoms with van der Waals surface area (Å²) in [4.78, 5) is 0. The number of alkyl halides is 1. The summed E-state index contributed by atoms with van der Waals surface area (Å²) in [6.45, 7) is 7.33. The number of halogens is 1. The first-order chi connectivity index (χ1) is 4.30. The number of nitrogens with one attached hydrogen (secondary N) is 1. The SMILES string of the molecule is CC.C[C@H]1CNC[C@H]1F. The minimum atomic E-state index is -0.597. The molecule has 2 atom stereocenters. The lowest BCUT2D eigenvalue weighted by Gasteiger charge is -1.99. The van der Waals surface area contributed by atoms with Crippen LogP contribution >= 0.6 is 0 Å². The predicted octanol–water partition coefficient (Wildman–Crippen LogP) is 1.59. The van der Waals surface area contributed by atoms with Gasteiger partial charge >= 0.3 is 0 Å². The van der Waals surface area contributed by atoms with E-state index in [4.69, 9.17) is 0 Å². The molecule has 0 amide bonds. The summed E-state index contributed by atoms with van der Waals surface area (Å²) in [6.07, 6.45) is -0.597. The Bertz CT molecular complexity index is 57.9. The Morgan fingerprint density at radius 2 is 1.89 bits per heavy atom. The zero-order valence-corrected chi connectivity index (χ0v) is 6.45. The molecule has 0 aromatic rings. The second kappa shape index (κ2) is 4.74. The van der Waals surface area contributed by atoms with Crippen molar-refractivity contribution in [2.24, 2.45) is 5.92 Å². The van der Waals surface area contributed by atoms with Crippen molar-refractivity contribution in [3.63, 3.8) is 0 Å². The van der Waals surface area contributed by atoms with Crippen LogP contribution in [0.5, 0.6) is 0 Å². The summed E-state index contributed by atoms with van der Waals surface area (Å²) in [5, 5.41) is 2.95. The van der Waals surface area contributed by atoms with Gasteiger partial charge in [-0.3, -0.25) is 0 Å². The molecule has 0 aliphatic carbocycles. The molecule has 0 bridgehead atoms. The van der Waals surface area contributed by atoms with E-state index >= 15 is 0 Å². The Balaban J connectivity index is 0.000000291. The van der Waals surface area contributed by atoms with Gasteiger partial charge in [-0.2, -0.15) is 0 Å². The third kappa shape index (κ3) is 2.80. The van der Waals surface area contributed by atoms with Gasteiger partial charge in [-0.25, -0.2) is 4.39 Å². The zero-order valence-electron chi connectivity index (χ0n) is 6.45. The van der Waals surface area contributed by atoms with Crippen molar-refractivity contribution < 1.29 is 4.39 Å². The maximum atomic E-state index is 12.3. The Labute approximate surface area is 56.6 Å². The molecule has 0 aromatic carbocycles. The minimum Gasteiger partial charge on any atom is -0.313 e. The smallest absolute Gasteiger partial charge is 0.116 e. The van der Waals surface area contributed by atoms with Gasteiger partial charge in [0.15, 0.2) is 0 Å². The van der Waals surface area contributed by atoms with Crippen molar-refractivity contribution in [2.45, 2.75) is 26.9 Å². The van der Waals surface area contributed by atoms with Crippen LogP contribution in [0.2, 0.25) is 0 Å². The van der Waals surface area contributed by atoms with Gasteiger partial charge in [0, 0.05) is 19.0 Å². The van der Waals surface area contributed by atoms with Gasteiger partial charge in [-0.05, 0) is 0 Å².